The zero-order chi connectivity index (χ0) is 39.9. The van der Waals surface area contributed by atoms with Gasteiger partial charge in [-0.05, 0) is 66.7 Å². The van der Waals surface area contributed by atoms with E-state index in [0.717, 1.165) is 93.7 Å². The zero-order valence-corrected chi connectivity index (χ0v) is 31.8. The van der Waals surface area contributed by atoms with E-state index < -0.39 is 0 Å². The molecule has 0 unspecified atom stereocenters. The average molecular weight is 768 g/mol. The maximum absolute atomic E-state index is 7.47. The molecule has 0 bridgehead atoms. The summed E-state index contributed by atoms with van der Waals surface area (Å²) in [6.07, 6.45) is 0. The third-order valence-electron chi connectivity index (χ3n) is 11.6. The summed E-state index contributed by atoms with van der Waals surface area (Å²) >= 11 is 0. The van der Waals surface area contributed by atoms with Gasteiger partial charge in [0.05, 0.1) is 46.3 Å². The van der Waals surface area contributed by atoms with E-state index in [-0.39, 0.29) is 0 Å². The van der Waals surface area contributed by atoms with Crippen LogP contribution in [0.1, 0.15) is 0 Å². The van der Waals surface area contributed by atoms with Crippen LogP contribution in [-0.2, 0) is 0 Å². The zero-order valence-electron chi connectivity index (χ0n) is 31.8. The number of para-hydroxylation sites is 3. The number of furan rings is 1. The number of benzene rings is 8. The van der Waals surface area contributed by atoms with Crippen LogP contribution in [0.2, 0.25) is 0 Å². The minimum atomic E-state index is 0.555. The fourth-order valence-electron chi connectivity index (χ4n) is 8.94. The molecule has 4 heterocycles. The molecule has 0 atom stereocenters. The van der Waals surface area contributed by atoms with E-state index in [1.54, 1.807) is 24.3 Å². The predicted octanol–water partition coefficient (Wildman–Crippen LogP) is 13.8. The van der Waals surface area contributed by atoms with Crippen molar-refractivity contribution in [3.8, 4) is 39.8 Å². The van der Waals surface area contributed by atoms with Gasteiger partial charge in [-0.1, -0.05) is 109 Å². The Kier molecular flexibility index (Phi) is 7.19. The van der Waals surface area contributed by atoms with Crippen molar-refractivity contribution in [1.29, 1.82) is 0 Å². The highest BCUT2D eigenvalue weighted by atomic mass is 16.3. The number of fused-ring (bicyclic) bond motifs is 10. The van der Waals surface area contributed by atoms with E-state index in [4.69, 9.17) is 27.8 Å². The summed E-state index contributed by atoms with van der Waals surface area (Å²) < 4.78 is 13.3. The Balaban J connectivity index is 1.05. The summed E-state index contributed by atoms with van der Waals surface area (Å²) in [6.45, 7) is 14.9. The molecule has 12 rings (SSSR count). The van der Waals surface area contributed by atoms with E-state index in [2.05, 4.69) is 139 Å². The Morgan fingerprint density at radius 1 is 0.400 bits per heavy atom. The molecule has 8 heteroatoms. The molecule has 60 heavy (non-hydrogen) atoms. The molecule has 4 aromatic heterocycles. The molecule has 8 nitrogen and oxygen atoms in total. The molecule has 278 valence electrons. The Bertz CT molecular complexity index is 3720. The minimum absolute atomic E-state index is 0.555. The van der Waals surface area contributed by atoms with Crippen molar-refractivity contribution in [3.63, 3.8) is 0 Å². The lowest BCUT2D eigenvalue weighted by atomic mass is 10.1. The maximum Gasteiger partial charge on any atom is 0.187 e. The second-order valence-electron chi connectivity index (χ2n) is 14.9. The van der Waals surface area contributed by atoms with Crippen molar-refractivity contribution in [1.82, 2.24) is 23.9 Å². The summed E-state index contributed by atoms with van der Waals surface area (Å²) in [4.78, 5) is 7.17. The molecule has 0 amide bonds. The highest BCUT2D eigenvalue weighted by Gasteiger charge is 2.22. The molecule has 0 aliphatic carbocycles. The van der Waals surface area contributed by atoms with E-state index in [1.807, 2.05) is 36.4 Å². The second-order valence-corrected chi connectivity index (χ2v) is 14.9. The third kappa shape index (κ3) is 4.89. The number of aromatic nitrogens is 5. The van der Waals surface area contributed by atoms with Gasteiger partial charge in [0.25, 0.3) is 0 Å². The van der Waals surface area contributed by atoms with Gasteiger partial charge in [-0.3, -0.25) is 4.57 Å². The van der Waals surface area contributed by atoms with Gasteiger partial charge in [0.1, 0.15) is 11.2 Å². The Morgan fingerprint density at radius 2 is 0.933 bits per heavy atom. The van der Waals surface area contributed by atoms with Crippen molar-refractivity contribution in [2.75, 3.05) is 0 Å². The highest BCUT2D eigenvalue weighted by Crippen LogP contribution is 2.42. The van der Waals surface area contributed by atoms with E-state index >= 15 is 0 Å². The first kappa shape index (κ1) is 33.4. The molecule has 0 saturated heterocycles. The Labute approximate surface area is 342 Å². The van der Waals surface area contributed by atoms with Crippen molar-refractivity contribution >= 4 is 76.9 Å². The van der Waals surface area contributed by atoms with Gasteiger partial charge in [-0.25, -0.2) is 9.69 Å². The van der Waals surface area contributed by atoms with Gasteiger partial charge in [0.15, 0.2) is 23.0 Å². The first-order chi connectivity index (χ1) is 29.7. The number of hydrogen-bond acceptors (Lipinski definition) is 3. The van der Waals surface area contributed by atoms with Gasteiger partial charge >= 0.3 is 0 Å². The van der Waals surface area contributed by atoms with Crippen LogP contribution in [0.5, 0.6) is 0 Å². The molecule has 0 spiro atoms. The van der Waals surface area contributed by atoms with Crippen LogP contribution < -0.4 is 0 Å². The summed E-state index contributed by atoms with van der Waals surface area (Å²) in [5.41, 5.74) is 11.9. The molecule has 12 aromatic rings. The van der Waals surface area contributed by atoms with E-state index in [1.165, 1.54) is 0 Å². The standard InChI is InChI=1S/C52H29N7O/c1-53-34-22-18-32(19-23-34)51-55-56-52(33-20-24-35(54-2)25-21-33)59(51)38-26-28-46-43(31-38)39-12-3-6-15-44(39)57(46)36-10-9-11-37(30-36)58-45-16-7-4-14-42(45)49-47(58)29-27-41-40-13-5-8-17-48(40)60-50(41)49/h3-31H. The summed E-state index contributed by atoms with van der Waals surface area (Å²) in [5.74, 6) is 1.30. The van der Waals surface area contributed by atoms with Crippen LogP contribution in [0.4, 0.5) is 11.4 Å². The van der Waals surface area contributed by atoms with Crippen LogP contribution >= 0.6 is 0 Å². The topological polar surface area (TPSA) is 62.4 Å². The molecule has 0 fully saturated rings. The first-order valence-electron chi connectivity index (χ1n) is 19.6. The largest absolute Gasteiger partial charge is 0.455 e. The van der Waals surface area contributed by atoms with Crippen LogP contribution in [0.15, 0.2) is 180 Å². The van der Waals surface area contributed by atoms with Gasteiger partial charge in [0, 0.05) is 49.4 Å². The number of rotatable bonds is 5. The minimum Gasteiger partial charge on any atom is -0.455 e. The van der Waals surface area contributed by atoms with Gasteiger partial charge < -0.3 is 13.6 Å². The molecule has 8 aromatic carbocycles. The molecule has 0 radical (unpaired) electrons. The van der Waals surface area contributed by atoms with Crippen LogP contribution in [0.3, 0.4) is 0 Å². The van der Waals surface area contributed by atoms with Gasteiger partial charge in [0.2, 0.25) is 0 Å². The van der Waals surface area contributed by atoms with Crippen LogP contribution in [0, 0.1) is 13.1 Å². The first-order valence-corrected chi connectivity index (χ1v) is 19.6. The fraction of sp³-hybridized carbons (Fsp3) is 0. The molecule has 0 saturated carbocycles. The van der Waals surface area contributed by atoms with Crippen LogP contribution in [-0.4, -0.2) is 23.9 Å². The Morgan fingerprint density at radius 3 is 1.60 bits per heavy atom. The smallest absolute Gasteiger partial charge is 0.187 e. The normalized spacial score (nSPS) is 11.6. The molecular formula is C52H29N7O. The highest BCUT2D eigenvalue weighted by molar-refractivity contribution is 6.24. The third-order valence-corrected chi connectivity index (χ3v) is 11.6. The average Bonchev–Trinajstić information content (AvgIpc) is 4.08. The van der Waals surface area contributed by atoms with Crippen molar-refractivity contribution in [3.05, 3.63) is 199 Å². The van der Waals surface area contributed by atoms with Crippen LogP contribution in [0.25, 0.3) is 115 Å². The Hall–Kier alpha value is -8.72. The number of hydrogen-bond donors (Lipinski definition) is 0. The van der Waals surface area contributed by atoms with E-state index in [0.29, 0.717) is 23.0 Å². The summed E-state index contributed by atoms with van der Waals surface area (Å²) in [5, 5.41) is 16.1. The van der Waals surface area contributed by atoms with Crippen molar-refractivity contribution in [2.24, 2.45) is 0 Å². The predicted molar refractivity (Wildman–Crippen MR) is 241 cm³/mol. The lowest BCUT2D eigenvalue weighted by Crippen LogP contribution is -2.01. The maximum atomic E-state index is 7.47. The number of nitrogens with zero attached hydrogens (tertiary/aromatic N) is 7. The molecule has 0 N–H and O–H groups in total. The van der Waals surface area contributed by atoms with Crippen molar-refractivity contribution in [2.45, 2.75) is 0 Å². The summed E-state index contributed by atoms with van der Waals surface area (Å²) in [6, 6.07) is 59.8. The molecule has 0 aliphatic heterocycles. The van der Waals surface area contributed by atoms with Crippen molar-refractivity contribution < 1.29 is 4.42 Å². The lowest BCUT2D eigenvalue weighted by Gasteiger charge is -2.14. The summed E-state index contributed by atoms with van der Waals surface area (Å²) in [7, 11) is 0. The monoisotopic (exact) mass is 767 g/mol. The second kappa shape index (κ2) is 12.9. The van der Waals surface area contributed by atoms with Gasteiger partial charge in [-0.15, -0.1) is 10.2 Å². The lowest BCUT2D eigenvalue weighted by molar-refractivity contribution is 0.673. The quantitative estimate of drug-likeness (QED) is 0.164. The SMILES string of the molecule is [C-]#[N+]c1ccc(-c2nnc(-c3ccc([N+]#[C-])cc3)n2-c2ccc3c(c2)c2ccccc2n3-c2cccc(-n3c4ccccc4c4c5oc6ccccc6c5ccc43)c2)cc1. The fourth-order valence-corrected chi connectivity index (χ4v) is 8.94. The molecule has 0 aliphatic rings. The van der Waals surface area contributed by atoms with Gasteiger partial charge in [-0.2, -0.15) is 0 Å². The molecular weight excluding hydrogens is 739 g/mol. The van der Waals surface area contributed by atoms with E-state index in [9.17, 15) is 0 Å².